The molecular formula is C13H17ClN2O3. The molecular weight excluding hydrogens is 268 g/mol. The zero-order chi connectivity index (χ0) is 14.6. The number of esters is 1. The maximum absolute atomic E-state index is 11.7. The molecule has 1 aromatic carbocycles. The number of amides is 2. The fourth-order valence-electron chi connectivity index (χ4n) is 1.27. The van der Waals surface area contributed by atoms with Crippen molar-refractivity contribution in [3.8, 4) is 0 Å². The molecule has 19 heavy (non-hydrogen) atoms. The number of rotatable bonds is 3. The van der Waals surface area contributed by atoms with Gasteiger partial charge in [0, 0.05) is 19.8 Å². The van der Waals surface area contributed by atoms with Crippen LogP contribution < -0.4 is 5.32 Å². The van der Waals surface area contributed by atoms with Crippen LogP contribution in [0, 0.1) is 0 Å². The number of nitrogens with one attached hydrogen (secondary N) is 1. The molecule has 6 heteroatoms. The standard InChI is InChI=1S/C13H17ClN2O3/c1-8(2)19-12(17)10-6-5-9(7-11(10)14)15-13(18)16(3)4/h5-8H,1-4H3,(H,15,18). The van der Waals surface area contributed by atoms with E-state index in [1.54, 1.807) is 34.0 Å². The highest BCUT2D eigenvalue weighted by molar-refractivity contribution is 6.34. The fourth-order valence-corrected chi connectivity index (χ4v) is 1.53. The van der Waals surface area contributed by atoms with Gasteiger partial charge in [0.05, 0.1) is 16.7 Å². The van der Waals surface area contributed by atoms with Gasteiger partial charge >= 0.3 is 12.0 Å². The van der Waals surface area contributed by atoms with Crippen LogP contribution in [-0.2, 0) is 4.74 Å². The first-order valence-electron chi connectivity index (χ1n) is 5.80. The summed E-state index contributed by atoms with van der Waals surface area (Å²) in [5.41, 5.74) is 0.794. The second-order valence-electron chi connectivity index (χ2n) is 4.47. The van der Waals surface area contributed by atoms with Gasteiger partial charge in [0.25, 0.3) is 0 Å². The summed E-state index contributed by atoms with van der Waals surface area (Å²) in [5.74, 6) is -0.481. The third-order valence-electron chi connectivity index (χ3n) is 2.19. The second-order valence-corrected chi connectivity index (χ2v) is 4.88. The Labute approximate surface area is 117 Å². The quantitative estimate of drug-likeness (QED) is 0.868. The molecule has 0 aliphatic carbocycles. The van der Waals surface area contributed by atoms with Crippen molar-refractivity contribution in [3.05, 3.63) is 28.8 Å². The fraction of sp³-hybridized carbons (Fsp3) is 0.385. The Bertz CT molecular complexity index is 487. The van der Waals surface area contributed by atoms with Gasteiger partial charge in [-0.2, -0.15) is 0 Å². The van der Waals surface area contributed by atoms with Crippen LogP contribution in [0.3, 0.4) is 0 Å². The van der Waals surface area contributed by atoms with Crippen LogP contribution in [0.4, 0.5) is 10.5 Å². The van der Waals surface area contributed by atoms with Gasteiger partial charge in [-0.15, -0.1) is 0 Å². The normalized spacial score (nSPS) is 10.2. The van der Waals surface area contributed by atoms with Gasteiger partial charge in [0.1, 0.15) is 0 Å². The van der Waals surface area contributed by atoms with E-state index in [9.17, 15) is 9.59 Å². The molecule has 0 bridgehead atoms. The van der Waals surface area contributed by atoms with E-state index >= 15 is 0 Å². The van der Waals surface area contributed by atoms with Gasteiger partial charge in [0.15, 0.2) is 0 Å². The summed E-state index contributed by atoms with van der Waals surface area (Å²) >= 11 is 6.01. The van der Waals surface area contributed by atoms with E-state index in [1.165, 1.54) is 17.0 Å². The minimum absolute atomic E-state index is 0.211. The summed E-state index contributed by atoms with van der Waals surface area (Å²) in [6.45, 7) is 3.52. The van der Waals surface area contributed by atoms with Crippen molar-refractivity contribution in [2.45, 2.75) is 20.0 Å². The van der Waals surface area contributed by atoms with E-state index in [1.807, 2.05) is 0 Å². The zero-order valence-corrected chi connectivity index (χ0v) is 12.1. The Morgan fingerprint density at radius 1 is 1.32 bits per heavy atom. The van der Waals surface area contributed by atoms with Crippen molar-refractivity contribution >= 4 is 29.3 Å². The van der Waals surface area contributed by atoms with Crippen molar-refractivity contribution in [3.63, 3.8) is 0 Å². The Balaban J connectivity index is 2.86. The average molecular weight is 285 g/mol. The largest absolute Gasteiger partial charge is 0.459 e. The third-order valence-corrected chi connectivity index (χ3v) is 2.50. The molecule has 5 nitrogen and oxygen atoms in total. The van der Waals surface area contributed by atoms with Crippen molar-refractivity contribution < 1.29 is 14.3 Å². The molecule has 0 aliphatic heterocycles. The van der Waals surface area contributed by atoms with E-state index in [0.717, 1.165) is 0 Å². The van der Waals surface area contributed by atoms with Crippen molar-refractivity contribution in [2.75, 3.05) is 19.4 Å². The number of carbonyl (C=O) groups excluding carboxylic acids is 2. The van der Waals surface area contributed by atoms with E-state index < -0.39 is 5.97 Å². The topological polar surface area (TPSA) is 58.6 Å². The van der Waals surface area contributed by atoms with Gasteiger partial charge in [-0.1, -0.05) is 11.6 Å². The van der Waals surface area contributed by atoms with Gasteiger partial charge in [-0.25, -0.2) is 9.59 Å². The number of urea groups is 1. The predicted molar refractivity (Wildman–Crippen MR) is 74.7 cm³/mol. The molecule has 0 spiro atoms. The molecule has 0 saturated carbocycles. The molecule has 1 N–H and O–H groups in total. The molecule has 1 aromatic rings. The average Bonchev–Trinajstić information content (AvgIpc) is 2.27. The third kappa shape index (κ3) is 4.44. The summed E-state index contributed by atoms with van der Waals surface area (Å²) in [6, 6.07) is 4.37. The van der Waals surface area contributed by atoms with Crippen LogP contribution in [0.5, 0.6) is 0 Å². The number of hydrogen-bond acceptors (Lipinski definition) is 3. The summed E-state index contributed by atoms with van der Waals surface area (Å²) in [4.78, 5) is 24.6. The first-order valence-corrected chi connectivity index (χ1v) is 6.18. The number of benzene rings is 1. The lowest BCUT2D eigenvalue weighted by Gasteiger charge is -2.13. The maximum Gasteiger partial charge on any atom is 0.339 e. The molecule has 1 rings (SSSR count). The van der Waals surface area contributed by atoms with Crippen LogP contribution in [0.25, 0.3) is 0 Å². The van der Waals surface area contributed by atoms with Crippen molar-refractivity contribution in [2.24, 2.45) is 0 Å². The summed E-state index contributed by atoms with van der Waals surface area (Å²) < 4.78 is 5.06. The Kier molecular flexibility index (Phi) is 5.18. The first kappa shape index (κ1) is 15.3. The van der Waals surface area contributed by atoms with E-state index in [0.29, 0.717) is 5.69 Å². The number of anilines is 1. The van der Waals surface area contributed by atoms with E-state index in [4.69, 9.17) is 16.3 Å². The van der Waals surface area contributed by atoms with Crippen LogP contribution in [0.1, 0.15) is 24.2 Å². The van der Waals surface area contributed by atoms with Crippen LogP contribution >= 0.6 is 11.6 Å². The molecule has 0 unspecified atom stereocenters. The highest BCUT2D eigenvalue weighted by Crippen LogP contribution is 2.22. The SMILES string of the molecule is CC(C)OC(=O)c1ccc(NC(=O)N(C)C)cc1Cl. The first-order chi connectivity index (χ1) is 8.81. The van der Waals surface area contributed by atoms with Crippen LogP contribution in [-0.4, -0.2) is 37.1 Å². The zero-order valence-electron chi connectivity index (χ0n) is 11.4. The lowest BCUT2D eigenvalue weighted by Crippen LogP contribution is -2.27. The smallest absolute Gasteiger partial charge is 0.339 e. The van der Waals surface area contributed by atoms with Crippen LogP contribution in [0.15, 0.2) is 18.2 Å². The van der Waals surface area contributed by atoms with Crippen molar-refractivity contribution in [1.29, 1.82) is 0 Å². The summed E-state index contributed by atoms with van der Waals surface area (Å²) in [5, 5.41) is 2.88. The molecule has 2 amide bonds. The highest BCUT2D eigenvalue weighted by atomic mass is 35.5. The monoisotopic (exact) mass is 284 g/mol. The Hall–Kier alpha value is -1.75. The molecule has 0 aromatic heterocycles. The molecule has 0 fully saturated rings. The number of ether oxygens (including phenoxy) is 1. The number of halogens is 1. The van der Waals surface area contributed by atoms with Gasteiger partial charge < -0.3 is 15.0 Å². The minimum atomic E-state index is -0.481. The molecule has 0 saturated heterocycles. The van der Waals surface area contributed by atoms with E-state index in [-0.39, 0.29) is 22.7 Å². The number of carbonyl (C=O) groups is 2. The van der Waals surface area contributed by atoms with Crippen molar-refractivity contribution in [1.82, 2.24) is 4.90 Å². The molecule has 0 radical (unpaired) electrons. The second kappa shape index (κ2) is 6.43. The molecule has 0 aliphatic rings. The summed E-state index contributed by atoms with van der Waals surface area (Å²) in [6.07, 6.45) is -0.211. The highest BCUT2D eigenvalue weighted by Gasteiger charge is 2.14. The number of nitrogens with zero attached hydrogens (tertiary/aromatic N) is 1. The maximum atomic E-state index is 11.7. The number of hydrogen-bond donors (Lipinski definition) is 1. The lowest BCUT2D eigenvalue weighted by atomic mass is 10.2. The molecule has 0 atom stereocenters. The lowest BCUT2D eigenvalue weighted by molar-refractivity contribution is 0.0378. The van der Waals surface area contributed by atoms with E-state index in [2.05, 4.69) is 5.32 Å². The van der Waals surface area contributed by atoms with Crippen LogP contribution in [0.2, 0.25) is 5.02 Å². The van der Waals surface area contributed by atoms with Gasteiger partial charge in [0.2, 0.25) is 0 Å². The van der Waals surface area contributed by atoms with Gasteiger partial charge in [-0.05, 0) is 32.0 Å². The molecule has 104 valence electrons. The minimum Gasteiger partial charge on any atom is -0.459 e. The predicted octanol–water partition coefficient (Wildman–Crippen LogP) is 3.00. The Morgan fingerprint density at radius 2 is 1.95 bits per heavy atom. The van der Waals surface area contributed by atoms with Gasteiger partial charge in [-0.3, -0.25) is 0 Å². The summed E-state index contributed by atoms with van der Waals surface area (Å²) in [7, 11) is 3.26. The molecule has 0 heterocycles. The Morgan fingerprint density at radius 3 is 2.42 bits per heavy atom.